The van der Waals surface area contributed by atoms with Crippen LogP contribution in [0.15, 0.2) is 52.5 Å². The fourth-order valence-electron chi connectivity index (χ4n) is 3.79. The van der Waals surface area contributed by atoms with Crippen LogP contribution in [0.3, 0.4) is 0 Å². The number of aromatic nitrogens is 3. The van der Waals surface area contributed by atoms with Gasteiger partial charge in [0.15, 0.2) is 10.9 Å². The predicted molar refractivity (Wildman–Crippen MR) is 150 cm³/mol. The predicted octanol–water partition coefficient (Wildman–Crippen LogP) is 4.30. The van der Waals surface area contributed by atoms with Gasteiger partial charge in [-0.3, -0.25) is 14.2 Å². The third-order valence-corrected chi connectivity index (χ3v) is 9.32. The molecule has 3 aromatic rings. The Balaban J connectivity index is 1.78. The summed E-state index contributed by atoms with van der Waals surface area (Å²) in [5.74, 6) is 0.526. The van der Waals surface area contributed by atoms with E-state index >= 15 is 0 Å². The van der Waals surface area contributed by atoms with Gasteiger partial charge in [0.25, 0.3) is 0 Å². The number of hydrogen-bond acceptors (Lipinski definition) is 7. The lowest BCUT2D eigenvalue weighted by Crippen LogP contribution is -2.30. The van der Waals surface area contributed by atoms with E-state index in [0.29, 0.717) is 54.0 Å². The van der Waals surface area contributed by atoms with Gasteiger partial charge in [0.2, 0.25) is 15.9 Å². The molecule has 0 atom stereocenters. The highest BCUT2D eigenvalue weighted by atomic mass is 35.5. The summed E-state index contributed by atoms with van der Waals surface area (Å²) < 4.78 is 28.7. The standard InChI is InChI=1S/C26H32ClN5O4S2/c1-5-31(6-2)38(35,36)22-13-10-20(11-14-22)24(34)17-37-26-30-29-25(8-7-15-28-19(4)33)32(26)21-12-9-18(3)23(27)16-21/h9-14,16H,5-8,15,17H2,1-4H3,(H,28,33). The number of carbonyl (C=O) groups is 2. The Morgan fingerprint density at radius 1 is 1.08 bits per heavy atom. The molecule has 12 heteroatoms. The SMILES string of the molecule is CCN(CC)S(=O)(=O)c1ccc(C(=O)CSc2nnc(CCCNC(C)=O)n2-c2ccc(C)c(Cl)c2)cc1. The number of aryl methyl sites for hydroxylation is 2. The number of halogens is 1. The third kappa shape index (κ3) is 7.22. The van der Waals surface area contributed by atoms with Crippen molar-refractivity contribution in [2.24, 2.45) is 0 Å². The van der Waals surface area contributed by atoms with Crippen LogP contribution in [0, 0.1) is 6.92 Å². The lowest BCUT2D eigenvalue weighted by atomic mass is 10.1. The van der Waals surface area contributed by atoms with E-state index in [4.69, 9.17) is 11.6 Å². The molecule has 0 aliphatic heterocycles. The zero-order valence-corrected chi connectivity index (χ0v) is 24.3. The summed E-state index contributed by atoms with van der Waals surface area (Å²) in [4.78, 5) is 24.3. The average Bonchev–Trinajstić information content (AvgIpc) is 3.30. The van der Waals surface area contributed by atoms with Crippen LogP contribution in [0.25, 0.3) is 5.69 Å². The molecule has 1 amide bonds. The molecule has 2 aromatic carbocycles. The number of sulfonamides is 1. The van der Waals surface area contributed by atoms with Crippen LogP contribution < -0.4 is 5.32 Å². The van der Waals surface area contributed by atoms with E-state index in [1.807, 2.05) is 29.7 Å². The highest BCUT2D eigenvalue weighted by Gasteiger charge is 2.22. The van der Waals surface area contributed by atoms with E-state index in [-0.39, 0.29) is 22.3 Å². The molecule has 3 rings (SSSR count). The molecule has 0 unspecified atom stereocenters. The molecule has 0 radical (unpaired) electrons. The number of benzene rings is 2. The number of thioether (sulfide) groups is 1. The molecule has 0 fully saturated rings. The largest absolute Gasteiger partial charge is 0.356 e. The minimum Gasteiger partial charge on any atom is -0.356 e. The first-order valence-electron chi connectivity index (χ1n) is 12.3. The van der Waals surface area contributed by atoms with Crippen molar-refractivity contribution in [3.63, 3.8) is 0 Å². The first kappa shape index (κ1) is 29.8. The second kappa shape index (κ2) is 13.4. The Labute approximate surface area is 233 Å². The molecule has 0 saturated carbocycles. The maximum absolute atomic E-state index is 13.0. The number of ketones is 1. The molecule has 0 aliphatic rings. The number of Topliss-reactive ketones (excluding diaryl/α,β-unsaturated/α-hetero) is 1. The van der Waals surface area contributed by atoms with Gasteiger partial charge in [0, 0.05) is 43.6 Å². The minimum absolute atomic E-state index is 0.0890. The molecule has 1 heterocycles. The van der Waals surface area contributed by atoms with E-state index < -0.39 is 10.0 Å². The molecule has 38 heavy (non-hydrogen) atoms. The van der Waals surface area contributed by atoms with Gasteiger partial charge >= 0.3 is 0 Å². The van der Waals surface area contributed by atoms with Gasteiger partial charge in [-0.25, -0.2) is 8.42 Å². The van der Waals surface area contributed by atoms with E-state index in [9.17, 15) is 18.0 Å². The van der Waals surface area contributed by atoms with Crippen molar-refractivity contribution >= 4 is 45.1 Å². The zero-order valence-electron chi connectivity index (χ0n) is 21.9. The van der Waals surface area contributed by atoms with Gasteiger partial charge in [-0.2, -0.15) is 4.31 Å². The lowest BCUT2D eigenvalue weighted by molar-refractivity contribution is -0.118. The maximum Gasteiger partial charge on any atom is 0.243 e. The van der Waals surface area contributed by atoms with Crippen LogP contribution in [0.4, 0.5) is 0 Å². The van der Waals surface area contributed by atoms with Crippen molar-refractivity contribution in [3.8, 4) is 5.69 Å². The number of rotatable bonds is 13. The Bertz CT molecular complexity index is 1390. The number of amides is 1. The third-order valence-electron chi connectivity index (χ3n) is 5.92. The minimum atomic E-state index is -3.59. The smallest absolute Gasteiger partial charge is 0.243 e. The van der Waals surface area contributed by atoms with Crippen molar-refractivity contribution in [2.75, 3.05) is 25.4 Å². The molecule has 0 aliphatic carbocycles. The molecule has 204 valence electrons. The molecule has 9 nitrogen and oxygen atoms in total. The highest BCUT2D eigenvalue weighted by Crippen LogP contribution is 2.27. The van der Waals surface area contributed by atoms with E-state index in [0.717, 1.165) is 11.3 Å². The van der Waals surface area contributed by atoms with Gasteiger partial charge in [-0.1, -0.05) is 55.4 Å². The molecule has 0 spiro atoms. The summed E-state index contributed by atoms with van der Waals surface area (Å²) in [7, 11) is -3.59. The van der Waals surface area contributed by atoms with Gasteiger partial charge in [0.1, 0.15) is 5.82 Å². The van der Waals surface area contributed by atoms with Crippen LogP contribution >= 0.6 is 23.4 Å². The molecule has 1 N–H and O–H groups in total. The quantitative estimate of drug-likeness (QED) is 0.183. The summed E-state index contributed by atoms with van der Waals surface area (Å²) in [5, 5.41) is 12.6. The van der Waals surface area contributed by atoms with Crippen molar-refractivity contribution in [2.45, 2.75) is 50.6 Å². The van der Waals surface area contributed by atoms with Gasteiger partial charge < -0.3 is 5.32 Å². The monoisotopic (exact) mass is 577 g/mol. The lowest BCUT2D eigenvalue weighted by Gasteiger charge is -2.18. The van der Waals surface area contributed by atoms with Crippen LogP contribution in [-0.4, -0.2) is 64.6 Å². The van der Waals surface area contributed by atoms with Crippen LogP contribution in [0.1, 0.15) is 48.9 Å². The molecule has 0 bridgehead atoms. The second-order valence-electron chi connectivity index (χ2n) is 8.58. The average molecular weight is 578 g/mol. The maximum atomic E-state index is 13.0. The Kier molecular flexibility index (Phi) is 10.5. The van der Waals surface area contributed by atoms with E-state index in [2.05, 4.69) is 15.5 Å². The second-order valence-corrected chi connectivity index (χ2v) is 11.9. The van der Waals surface area contributed by atoms with Crippen molar-refractivity contribution in [1.29, 1.82) is 0 Å². The number of nitrogens with zero attached hydrogens (tertiary/aromatic N) is 4. The topological polar surface area (TPSA) is 114 Å². The van der Waals surface area contributed by atoms with E-state index in [1.165, 1.54) is 47.3 Å². The fourth-order valence-corrected chi connectivity index (χ4v) is 6.28. The highest BCUT2D eigenvalue weighted by molar-refractivity contribution is 7.99. The molecular weight excluding hydrogens is 546 g/mol. The first-order chi connectivity index (χ1) is 18.1. The number of hydrogen-bond donors (Lipinski definition) is 1. The van der Waals surface area contributed by atoms with E-state index in [1.54, 1.807) is 13.8 Å². The van der Waals surface area contributed by atoms with Gasteiger partial charge in [-0.15, -0.1) is 10.2 Å². The first-order valence-corrected chi connectivity index (χ1v) is 15.1. The van der Waals surface area contributed by atoms with Crippen LogP contribution in [0.2, 0.25) is 5.02 Å². The molecule has 1 aromatic heterocycles. The summed E-state index contributed by atoms with van der Waals surface area (Å²) in [6, 6.07) is 11.7. The summed E-state index contributed by atoms with van der Waals surface area (Å²) in [5.41, 5.74) is 2.13. The fraction of sp³-hybridized carbons (Fsp3) is 0.385. The Morgan fingerprint density at radius 3 is 2.37 bits per heavy atom. The van der Waals surface area contributed by atoms with Crippen molar-refractivity contribution in [1.82, 2.24) is 24.4 Å². The van der Waals surface area contributed by atoms with Crippen molar-refractivity contribution < 1.29 is 18.0 Å². The van der Waals surface area contributed by atoms with Gasteiger partial charge in [0.05, 0.1) is 16.3 Å². The normalized spacial score (nSPS) is 11.6. The number of carbonyl (C=O) groups excluding carboxylic acids is 2. The summed E-state index contributed by atoms with van der Waals surface area (Å²) in [6.07, 6.45) is 1.24. The Hall–Kier alpha value is -2.73. The van der Waals surface area contributed by atoms with Crippen LogP contribution in [0.5, 0.6) is 0 Å². The number of nitrogens with one attached hydrogen (secondary N) is 1. The molecule has 0 saturated heterocycles. The Morgan fingerprint density at radius 2 is 1.76 bits per heavy atom. The summed E-state index contributed by atoms with van der Waals surface area (Å²) in [6.45, 7) is 8.22. The van der Waals surface area contributed by atoms with Gasteiger partial charge in [-0.05, 0) is 43.2 Å². The van der Waals surface area contributed by atoms with Crippen molar-refractivity contribution in [3.05, 3.63) is 64.4 Å². The molecular formula is C26H32ClN5O4S2. The summed E-state index contributed by atoms with van der Waals surface area (Å²) >= 11 is 7.62. The van der Waals surface area contributed by atoms with Crippen LogP contribution in [-0.2, 0) is 21.2 Å². The zero-order chi connectivity index (χ0) is 27.9.